The Kier molecular flexibility index (Phi) is 5.27. The molecule has 0 aliphatic rings. The second-order valence-electron chi connectivity index (χ2n) is 6.79. The minimum atomic E-state index is -0.298. The number of fused-ring (bicyclic) bond motifs is 1. The molecule has 4 aromatic rings. The lowest BCUT2D eigenvalue weighted by Crippen LogP contribution is -2.13. The van der Waals surface area contributed by atoms with Gasteiger partial charge >= 0.3 is 0 Å². The van der Waals surface area contributed by atoms with Gasteiger partial charge in [0.15, 0.2) is 5.65 Å². The van der Waals surface area contributed by atoms with Crippen molar-refractivity contribution in [2.24, 2.45) is 0 Å². The van der Waals surface area contributed by atoms with Crippen LogP contribution in [-0.4, -0.2) is 25.7 Å². The molecule has 0 spiro atoms. The number of pyridine rings is 2. The molecule has 6 nitrogen and oxygen atoms in total. The molecule has 0 unspecified atom stereocenters. The van der Waals surface area contributed by atoms with Gasteiger partial charge in [0.2, 0.25) is 0 Å². The van der Waals surface area contributed by atoms with Crippen LogP contribution >= 0.6 is 11.6 Å². The number of hydrogen-bond donors (Lipinski definition) is 1. The van der Waals surface area contributed by atoms with Crippen LogP contribution in [0.25, 0.3) is 11.0 Å². The van der Waals surface area contributed by atoms with Gasteiger partial charge in [-0.15, -0.1) is 0 Å². The van der Waals surface area contributed by atoms with Gasteiger partial charge in [-0.1, -0.05) is 36.7 Å². The Morgan fingerprint density at radius 1 is 1.14 bits per heavy atom. The molecule has 0 aliphatic carbocycles. The molecule has 0 atom stereocenters. The Balaban J connectivity index is 1.65. The standard InChI is InChI=1S/C22H20ClN5O/c1-3-15-6-8-17(9-7-15)26-22(29)18-12-25-21-19(20(18)23)14(2)27-28(21)13-16-5-4-10-24-11-16/h4-12H,3,13H2,1-2H3,(H,26,29). The number of aromatic nitrogens is 4. The summed E-state index contributed by atoms with van der Waals surface area (Å²) in [5, 5.41) is 8.48. The first-order chi connectivity index (χ1) is 14.1. The summed E-state index contributed by atoms with van der Waals surface area (Å²) in [7, 11) is 0. The smallest absolute Gasteiger partial charge is 0.258 e. The van der Waals surface area contributed by atoms with Crippen LogP contribution in [0.1, 0.15) is 34.1 Å². The van der Waals surface area contributed by atoms with Crippen LogP contribution < -0.4 is 5.32 Å². The van der Waals surface area contributed by atoms with Crippen molar-refractivity contribution in [2.45, 2.75) is 26.8 Å². The summed E-state index contributed by atoms with van der Waals surface area (Å²) >= 11 is 6.61. The molecule has 3 aromatic heterocycles. The molecule has 0 radical (unpaired) electrons. The highest BCUT2D eigenvalue weighted by atomic mass is 35.5. The Morgan fingerprint density at radius 3 is 2.62 bits per heavy atom. The van der Waals surface area contributed by atoms with E-state index in [0.717, 1.165) is 17.7 Å². The van der Waals surface area contributed by atoms with Gasteiger partial charge in [0.05, 0.1) is 28.2 Å². The lowest BCUT2D eigenvalue weighted by atomic mass is 10.1. The van der Waals surface area contributed by atoms with E-state index >= 15 is 0 Å². The number of hydrogen-bond acceptors (Lipinski definition) is 4. The number of rotatable bonds is 5. The van der Waals surface area contributed by atoms with Gasteiger partial charge in [0.25, 0.3) is 5.91 Å². The van der Waals surface area contributed by atoms with E-state index in [9.17, 15) is 4.79 Å². The summed E-state index contributed by atoms with van der Waals surface area (Å²) in [6.07, 6.45) is 5.96. The first-order valence-electron chi connectivity index (χ1n) is 9.37. The molecule has 0 saturated heterocycles. The molecule has 0 fully saturated rings. The Morgan fingerprint density at radius 2 is 1.93 bits per heavy atom. The average Bonchev–Trinajstić information content (AvgIpc) is 3.05. The Hall–Kier alpha value is -3.25. The van der Waals surface area contributed by atoms with E-state index in [1.807, 2.05) is 43.3 Å². The normalized spacial score (nSPS) is 11.0. The number of nitrogens with zero attached hydrogens (tertiary/aromatic N) is 4. The van der Waals surface area contributed by atoms with Crippen molar-refractivity contribution >= 4 is 34.2 Å². The molecule has 0 saturated carbocycles. The molecule has 0 bridgehead atoms. The average molecular weight is 406 g/mol. The van der Waals surface area contributed by atoms with Crippen LogP contribution in [0.4, 0.5) is 5.69 Å². The van der Waals surface area contributed by atoms with Gasteiger partial charge in [-0.2, -0.15) is 5.10 Å². The lowest BCUT2D eigenvalue weighted by molar-refractivity contribution is 0.102. The van der Waals surface area contributed by atoms with E-state index < -0.39 is 0 Å². The highest BCUT2D eigenvalue weighted by Gasteiger charge is 2.19. The van der Waals surface area contributed by atoms with Crippen molar-refractivity contribution in [3.05, 3.63) is 82.4 Å². The second-order valence-corrected chi connectivity index (χ2v) is 7.17. The summed E-state index contributed by atoms with van der Waals surface area (Å²) in [4.78, 5) is 21.4. The van der Waals surface area contributed by atoms with Crippen LogP contribution in [0, 0.1) is 6.92 Å². The highest BCUT2D eigenvalue weighted by Crippen LogP contribution is 2.29. The van der Waals surface area contributed by atoms with Crippen molar-refractivity contribution in [1.29, 1.82) is 0 Å². The van der Waals surface area contributed by atoms with Crippen molar-refractivity contribution in [3.8, 4) is 0 Å². The third-order valence-electron chi connectivity index (χ3n) is 4.79. The number of benzene rings is 1. The number of halogens is 1. The maximum Gasteiger partial charge on any atom is 0.258 e. The van der Waals surface area contributed by atoms with E-state index in [0.29, 0.717) is 33.9 Å². The highest BCUT2D eigenvalue weighted by molar-refractivity contribution is 6.39. The molecule has 0 aliphatic heterocycles. The van der Waals surface area contributed by atoms with Crippen LogP contribution in [0.2, 0.25) is 5.02 Å². The van der Waals surface area contributed by atoms with E-state index in [1.165, 1.54) is 11.8 Å². The van der Waals surface area contributed by atoms with Gasteiger partial charge in [-0.05, 0) is 42.7 Å². The molecular formula is C22H20ClN5O. The monoisotopic (exact) mass is 405 g/mol. The summed E-state index contributed by atoms with van der Waals surface area (Å²) in [5.41, 5.74) is 4.62. The SMILES string of the molecule is CCc1ccc(NC(=O)c2cnc3c(c(C)nn3Cc3cccnc3)c2Cl)cc1. The van der Waals surface area contributed by atoms with Gasteiger partial charge in [-0.3, -0.25) is 9.78 Å². The van der Waals surface area contributed by atoms with Gasteiger partial charge in [0, 0.05) is 24.3 Å². The quantitative estimate of drug-likeness (QED) is 0.524. The summed E-state index contributed by atoms with van der Waals surface area (Å²) in [6, 6.07) is 11.6. The van der Waals surface area contributed by atoms with E-state index in [4.69, 9.17) is 11.6 Å². The predicted octanol–water partition coefficient (Wildman–Crippen LogP) is 4.65. The fourth-order valence-corrected chi connectivity index (χ4v) is 3.59. The number of carbonyl (C=O) groups excluding carboxylic acids is 1. The third-order valence-corrected chi connectivity index (χ3v) is 5.18. The number of carbonyl (C=O) groups is 1. The molecule has 146 valence electrons. The van der Waals surface area contributed by atoms with E-state index in [1.54, 1.807) is 17.1 Å². The number of amides is 1. The maximum absolute atomic E-state index is 12.8. The van der Waals surface area contributed by atoms with E-state index in [2.05, 4.69) is 27.3 Å². The first kappa shape index (κ1) is 19.1. The largest absolute Gasteiger partial charge is 0.322 e. The van der Waals surface area contributed by atoms with Gasteiger partial charge in [-0.25, -0.2) is 9.67 Å². The minimum Gasteiger partial charge on any atom is -0.322 e. The van der Waals surface area contributed by atoms with Crippen LogP contribution in [0.3, 0.4) is 0 Å². The summed E-state index contributed by atoms with van der Waals surface area (Å²) < 4.78 is 1.78. The number of nitrogens with one attached hydrogen (secondary N) is 1. The fourth-order valence-electron chi connectivity index (χ4n) is 3.23. The molecular weight excluding hydrogens is 386 g/mol. The lowest BCUT2D eigenvalue weighted by Gasteiger charge is -2.08. The first-order valence-corrected chi connectivity index (χ1v) is 9.75. The molecule has 1 amide bonds. The molecule has 1 aromatic carbocycles. The topological polar surface area (TPSA) is 72.7 Å². The van der Waals surface area contributed by atoms with Crippen molar-refractivity contribution in [1.82, 2.24) is 19.7 Å². The Labute approximate surface area is 173 Å². The molecule has 3 heterocycles. The van der Waals surface area contributed by atoms with Crippen molar-refractivity contribution < 1.29 is 4.79 Å². The molecule has 7 heteroatoms. The number of anilines is 1. The summed E-state index contributed by atoms with van der Waals surface area (Å²) in [6.45, 7) is 4.47. The van der Waals surface area contributed by atoms with Crippen LogP contribution in [0.5, 0.6) is 0 Å². The predicted molar refractivity (Wildman–Crippen MR) is 114 cm³/mol. The van der Waals surface area contributed by atoms with Crippen molar-refractivity contribution in [3.63, 3.8) is 0 Å². The number of aryl methyl sites for hydroxylation is 2. The zero-order valence-electron chi connectivity index (χ0n) is 16.2. The molecule has 4 rings (SSSR count). The van der Waals surface area contributed by atoms with Crippen LogP contribution in [-0.2, 0) is 13.0 Å². The minimum absolute atomic E-state index is 0.298. The zero-order chi connectivity index (χ0) is 20.4. The fraction of sp³-hybridized carbons (Fsp3) is 0.182. The molecule has 29 heavy (non-hydrogen) atoms. The van der Waals surface area contributed by atoms with Gasteiger partial charge in [0.1, 0.15) is 0 Å². The Bertz CT molecular complexity index is 1170. The van der Waals surface area contributed by atoms with Crippen LogP contribution in [0.15, 0.2) is 55.0 Å². The molecule has 1 N–H and O–H groups in total. The zero-order valence-corrected chi connectivity index (χ0v) is 16.9. The summed E-state index contributed by atoms with van der Waals surface area (Å²) in [5.74, 6) is -0.298. The second kappa shape index (κ2) is 8.01. The third kappa shape index (κ3) is 3.84. The van der Waals surface area contributed by atoms with E-state index in [-0.39, 0.29) is 5.91 Å². The maximum atomic E-state index is 12.8. The van der Waals surface area contributed by atoms with Gasteiger partial charge < -0.3 is 5.32 Å². The van der Waals surface area contributed by atoms with Crippen molar-refractivity contribution in [2.75, 3.05) is 5.32 Å².